The second kappa shape index (κ2) is 10.3. The van der Waals surface area contributed by atoms with Crippen molar-refractivity contribution in [3.8, 4) is 0 Å². The summed E-state index contributed by atoms with van der Waals surface area (Å²) < 4.78 is 0. The highest BCUT2D eigenvalue weighted by atomic mass is 32.1. The van der Waals surface area contributed by atoms with Gasteiger partial charge in [-0.2, -0.15) is 12.6 Å². The minimum Gasteiger partial charge on any atom is -0.481 e. The zero-order valence-electron chi connectivity index (χ0n) is 6.99. The summed E-state index contributed by atoms with van der Waals surface area (Å²) in [6.45, 7) is 1.84. The Hall–Kier alpha value is -0.710. The molecule has 0 aromatic heterocycles. The van der Waals surface area contributed by atoms with Crippen LogP contribution in [0.5, 0.6) is 0 Å². The highest BCUT2D eigenvalue weighted by Gasteiger charge is 1.88. The third kappa shape index (κ3) is 22.8. The van der Waals surface area contributed by atoms with E-state index in [0.29, 0.717) is 12.2 Å². The molecule has 0 unspecified atom stereocenters. The average Bonchev–Trinajstić information content (AvgIpc) is 1.87. The van der Waals surface area contributed by atoms with Crippen molar-refractivity contribution < 1.29 is 19.8 Å². The van der Waals surface area contributed by atoms with Gasteiger partial charge >= 0.3 is 11.9 Å². The summed E-state index contributed by atoms with van der Waals surface area (Å²) in [5, 5.41) is 15.8. The van der Waals surface area contributed by atoms with Crippen molar-refractivity contribution in [2.45, 2.75) is 26.2 Å². The van der Waals surface area contributed by atoms with E-state index in [1.165, 1.54) is 0 Å². The lowest BCUT2D eigenvalue weighted by atomic mass is 10.4. The quantitative estimate of drug-likeness (QED) is 0.589. The minimum absolute atomic E-state index is 0.156. The Morgan fingerprint density at radius 2 is 1.58 bits per heavy atom. The predicted octanol–water partition coefficient (Wildman–Crippen LogP) is 1.26. The first kappa shape index (κ1) is 13.9. The molecule has 4 nitrogen and oxygen atoms in total. The fourth-order valence-electron chi connectivity index (χ4n) is 0.310. The van der Waals surface area contributed by atoms with E-state index in [2.05, 4.69) is 12.6 Å². The van der Waals surface area contributed by atoms with Crippen molar-refractivity contribution in [3.05, 3.63) is 0 Å². The predicted molar refractivity (Wildman–Crippen MR) is 48.6 cm³/mol. The first-order valence-corrected chi connectivity index (χ1v) is 4.22. The van der Waals surface area contributed by atoms with Gasteiger partial charge in [0.05, 0.1) is 6.42 Å². The van der Waals surface area contributed by atoms with E-state index < -0.39 is 11.9 Å². The molecule has 12 heavy (non-hydrogen) atoms. The summed E-state index contributed by atoms with van der Waals surface area (Å²) in [4.78, 5) is 19.1. The maximum atomic E-state index is 9.60. The monoisotopic (exact) mass is 194 g/mol. The Kier molecular flexibility index (Phi) is 11.9. The van der Waals surface area contributed by atoms with Gasteiger partial charge in [-0.15, -0.1) is 0 Å². The highest BCUT2D eigenvalue weighted by molar-refractivity contribution is 7.80. The lowest BCUT2D eigenvalue weighted by Crippen LogP contribution is -1.93. The second-order valence-corrected chi connectivity index (χ2v) is 2.46. The number of carboxylic acid groups (broad SMARTS) is 2. The summed E-state index contributed by atoms with van der Waals surface area (Å²) in [6, 6.07) is 0. The standard InChI is InChI=1S/C4H8O2.C3H6O2S/c1-2-3-4(5)6;4-3(5)1-2-6/h2-3H2,1H3,(H,5,6);6H,1-2H2,(H,4,5). The fraction of sp³-hybridized carbons (Fsp3) is 0.714. The molecule has 0 aromatic carbocycles. The van der Waals surface area contributed by atoms with Gasteiger partial charge in [-0.1, -0.05) is 6.92 Å². The Bertz CT molecular complexity index is 119. The van der Waals surface area contributed by atoms with Crippen molar-refractivity contribution in [2.75, 3.05) is 5.75 Å². The molecule has 0 aliphatic heterocycles. The van der Waals surface area contributed by atoms with Crippen molar-refractivity contribution in [2.24, 2.45) is 0 Å². The molecule has 72 valence electrons. The number of thiol groups is 1. The third-order valence-corrected chi connectivity index (χ3v) is 1.01. The Labute approximate surface area is 77.0 Å². The molecule has 5 heteroatoms. The van der Waals surface area contributed by atoms with E-state index in [1.54, 1.807) is 0 Å². The molecule has 0 aliphatic rings. The lowest BCUT2D eigenvalue weighted by Gasteiger charge is -1.79. The molecule has 0 rings (SSSR count). The molecule has 0 fully saturated rings. The van der Waals surface area contributed by atoms with Gasteiger partial charge in [0.2, 0.25) is 0 Å². The summed E-state index contributed by atoms with van der Waals surface area (Å²) in [7, 11) is 0. The third-order valence-electron chi connectivity index (χ3n) is 0.790. The molecular formula is C7H14O4S. The fourth-order valence-corrected chi connectivity index (χ4v) is 0.501. The molecule has 2 N–H and O–H groups in total. The van der Waals surface area contributed by atoms with E-state index in [-0.39, 0.29) is 6.42 Å². The van der Waals surface area contributed by atoms with Crippen molar-refractivity contribution in [1.29, 1.82) is 0 Å². The molecule has 0 atom stereocenters. The zero-order chi connectivity index (χ0) is 9.98. The Balaban J connectivity index is 0. The van der Waals surface area contributed by atoms with Gasteiger partial charge in [-0.3, -0.25) is 9.59 Å². The topological polar surface area (TPSA) is 74.6 Å². The van der Waals surface area contributed by atoms with Crippen molar-refractivity contribution in [3.63, 3.8) is 0 Å². The lowest BCUT2D eigenvalue weighted by molar-refractivity contribution is -0.137. The van der Waals surface area contributed by atoms with Gasteiger partial charge in [-0.25, -0.2) is 0 Å². The zero-order valence-corrected chi connectivity index (χ0v) is 7.88. The number of rotatable bonds is 4. The molecule has 0 amide bonds. The van der Waals surface area contributed by atoms with Crippen LogP contribution in [0.25, 0.3) is 0 Å². The summed E-state index contributed by atoms with van der Waals surface area (Å²) in [5.41, 5.74) is 0. The Morgan fingerprint density at radius 1 is 1.17 bits per heavy atom. The van der Waals surface area contributed by atoms with Crippen LogP contribution in [0.2, 0.25) is 0 Å². The number of hydrogen-bond donors (Lipinski definition) is 3. The second-order valence-electron chi connectivity index (χ2n) is 2.01. The molecule has 0 aromatic rings. The molecule has 0 saturated carbocycles. The van der Waals surface area contributed by atoms with Crippen LogP contribution < -0.4 is 0 Å². The SMILES string of the molecule is CCCC(=O)O.O=C(O)CCS. The van der Waals surface area contributed by atoms with Crippen LogP contribution in [-0.2, 0) is 9.59 Å². The van der Waals surface area contributed by atoms with Gasteiger partial charge in [0.15, 0.2) is 0 Å². The molecule has 0 spiro atoms. The summed E-state index contributed by atoms with van der Waals surface area (Å²) in [6.07, 6.45) is 1.18. The van der Waals surface area contributed by atoms with Crippen LogP contribution in [0.3, 0.4) is 0 Å². The van der Waals surface area contributed by atoms with Crippen LogP contribution >= 0.6 is 12.6 Å². The van der Waals surface area contributed by atoms with Crippen LogP contribution in [0.1, 0.15) is 26.2 Å². The van der Waals surface area contributed by atoms with Crippen LogP contribution in [0.15, 0.2) is 0 Å². The largest absolute Gasteiger partial charge is 0.481 e. The molecule has 0 aliphatic carbocycles. The first-order valence-electron chi connectivity index (χ1n) is 3.59. The van der Waals surface area contributed by atoms with Crippen molar-refractivity contribution in [1.82, 2.24) is 0 Å². The molecule has 0 saturated heterocycles. The van der Waals surface area contributed by atoms with Gasteiger partial charge in [0.1, 0.15) is 0 Å². The van der Waals surface area contributed by atoms with E-state index in [4.69, 9.17) is 10.2 Å². The summed E-state index contributed by atoms with van der Waals surface area (Å²) in [5.74, 6) is -1.07. The highest BCUT2D eigenvalue weighted by Crippen LogP contribution is 1.82. The minimum atomic E-state index is -0.787. The van der Waals surface area contributed by atoms with E-state index in [0.717, 1.165) is 6.42 Å². The van der Waals surface area contributed by atoms with Gasteiger partial charge in [0, 0.05) is 12.2 Å². The van der Waals surface area contributed by atoms with Gasteiger partial charge in [-0.05, 0) is 6.42 Å². The van der Waals surface area contributed by atoms with Gasteiger partial charge < -0.3 is 10.2 Å². The van der Waals surface area contributed by atoms with Crippen LogP contribution in [-0.4, -0.2) is 27.9 Å². The van der Waals surface area contributed by atoms with E-state index in [9.17, 15) is 9.59 Å². The number of aliphatic carboxylic acids is 2. The average molecular weight is 194 g/mol. The van der Waals surface area contributed by atoms with E-state index in [1.807, 2.05) is 6.92 Å². The molecule has 0 bridgehead atoms. The normalized spacial score (nSPS) is 8.17. The molecule has 0 heterocycles. The van der Waals surface area contributed by atoms with E-state index >= 15 is 0 Å². The van der Waals surface area contributed by atoms with Crippen LogP contribution in [0, 0.1) is 0 Å². The van der Waals surface area contributed by atoms with Gasteiger partial charge in [0.25, 0.3) is 0 Å². The maximum absolute atomic E-state index is 9.60. The smallest absolute Gasteiger partial charge is 0.304 e. The van der Waals surface area contributed by atoms with Crippen LogP contribution in [0.4, 0.5) is 0 Å². The number of hydrogen-bond acceptors (Lipinski definition) is 3. The number of carbonyl (C=O) groups is 2. The number of carboxylic acids is 2. The van der Waals surface area contributed by atoms with Crippen molar-refractivity contribution >= 4 is 24.6 Å². The summed E-state index contributed by atoms with van der Waals surface area (Å²) >= 11 is 3.68. The molecular weight excluding hydrogens is 180 g/mol. The maximum Gasteiger partial charge on any atom is 0.304 e. The first-order chi connectivity index (χ1) is 5.54. The molecule has 0 radical (unpaired) electrons. The Morgan fingerprint density at radius 3 is 1.58 bits per heavy atom.